The molecular formula is C34H42F3N7O4S. The summed E-state index contributed by atoms with van der Waals surface area (Å²) in [6, 6.07) is 13.8. The molecule has 3 aromatic heterocycles. The maximum atomic E-state index is 13.7. The lowest BCUT2D eigenvalue weighted by Crippen LogP contribution is -2.38. The molecule has 4 bridgehead atoms. The van der Waals surface area contributed by atoms with Gasteiger partial charge in [-0.25, -0.2) is 19.6 Å². The molecule has 5 rings (SSSR count). The number of benzene rings is 1. The van der Waals surface area contributed by atoms with Crippen LogP contribution >= 0.6 is 0 Å². The monoisotopic (exact) mass is 701 g/mol. The molecule has 4 aromatic rings. The minimum absolute atomic E-state index is 0.0314. The van der Waals surface area contributed by atoms with Crippen molar-refractivity contribution in [3.05, 3.63) is 66.5 Å². The highest BCUT2D eigenvalue weighted by atomic mass is 32.2. The first kappa shape index (κ1) is 36.1. The Kier molecular flexibility index (Phi) is 10.5. The molecule has 0 amide bonds. The van der Waals surface area contributed by atoms with Crippen molar-refractivity contribution in [3.63, 3.8) is 0 Å². The highest BCUT2D eigenvalue weighted by molar-refractivity contribution is 7.92. The molecule has 49 heavy (non-hydrogen) atoms. The lowest BCUT2D eigenvalue weighted by molar-refractivity contribution is -0.219. The number of halogens is 3. The molecule has 15 heteroatoms. The fourth-order valence-electron chi connectivity index (χ4n) is 5.32. The van der Waals surface area contributed by atoms with Crippen molar-refractivity contribution in [2.75, 3.05) is 35.9 Å². The van der Waals surface area contributed by atoms with E-state index in [1.807, 2.05) is 43.0 Å². The Labute approximate surface area is 284 Å². The number of anilines is 2. The van der Waals surface area contributed by atoms with Crippen LogP contribution in [0.15, 0.2) is 66.0 Å². The molecule has 0 radical (unpaired) electrons. The van der Waals surface area contributed by atoms with E-state index < -0.39 is 33.6 Å². The Morgan fingerprint density at radius 2 is 1.71 bits per heavy atom. The Hall–Kier alpha value is -4.24. The van der Waals surface area contributed by atoms with Crippen molar-refractivity contribution in [2.45, 2.75) is 71.0 Å². The zero-order chi connectivity index (χ0) is 35.5. The van der Waals surface area contributed by atoms with Gasteiger partial charge in [-0.3, -0.25) is 4.72 Å². The highest BCUT2D eigenvalue weighted by Crippen LogP contribution is 2.38. The van der Waals surface area contributed by atoms with E-state index in [4.69, 9.17) is 9.72 Å². The molecule has 0 fully saturated rings. The van der Waals surface area contributed by atoms with E-state index in [0.29, 0.717) is 30.2 Å². The van der Waals surface area contributed by atoms with Crippen LogP contribution in [0.5, 0.6) is 5.88 Å². The summed E-state index contributed by atoms with van der Waals surface area (Å²) in [6.45, 7) is 6.44. The average Bonchev–Trinajstić information content (AvgIpc) is 3.53. The van der Waals surface area contributed by atoms with Gasteiger partial charge in [-0.05, 0) is 50.8 Å². The number of aliphatic hydroxyl groups excluding tert-OH is 1. The number of pyridine rings is 1. The number of aliphatic hydroxyl groups is 1. The Morgan fingerprint density at radius 3 is 2.47 bits per heavy atom. The molecular weight excluding hydrogens is 659 g/mol. The maximum absolute atomic E-state index is 13.7. The summed E-state index contributed by atoms with van der Waals surface area (Å²) in [5.41, 5.74) is -0.528. The van der Waals surface area contributed by atoms with Gasteiger partial charge >= 0.3 is 6.18 Å². The van der Waals surface area contributed by atoms with Crippen LogP contribution in [0.25, 0.3) is 17.1 Å². The van der Waals surface area contributed by atoms with Gasteiger partial charge < -0.3 is 14.7 Å². The number of fused-ring (bicyclic) bond motifs is 6. The van der Waals surface area contributed by atoms with Crippen LogP contribution in [0.4, 0.5) is 24.8 Å². The van der Waals surface area contributed by atoms with E-state index in [9.17, 15) is 26.7 Å². The zero-order valence-corrected chi connectivity index (χ0v) is 28.9. The van der Waals surface area contributed by atoms with E-state index in [-0.39, 0.29) is 29.1 Å². The Bertz CT molecular complexity index is 1860. The van der Waals surface area contributed by atoms with Crippen LogP contribution in [0.1, 0.15) is 58.9 Å². The number of ether oxygens (including phenoxy) is 1. The van der Waals surface area contributed by atoms with Crippen molar-refractivity contribution in [1.82, 2.24) is 24.7 Å². The van der Waals surface area contributed by atoms with E-state index in [2.05, 4.69) is 19.8 Å². The van der Waals surface area contributed by atoms with Crippen molar-refractivity contribution < 1.29 is 31.4 Å². The van der Waals surface area contributed by atoms with Gasteiger partial charge in [-0.1, -0.05) is 57.0 Å². The van der Waals surface area contributed by atoms with Gasteiger partial charge in [0.1, 0.15) is 18.1 Å². The second-order valence-corrected chi connectivity index (χ2v) is 15.3. The molecule has 0 spiro atoms. The van der Waals surface area contributed by atoms with Crippen molar-refractivity contribution in [2.24, 2.45) is 10.8 Å². The normalized spacial score (nSPS) is 16.0. The lowest BCUT2D eigenvalue weighted by atomic mass is 9.94. The number of aryl methyl sites for hydroxylation is 1. The zero-order valence-electron chi connectivity index (χ0n) is 28.0. The summed E-state index contributed by atoms with van der Waals surface area (Å²) < 4.78 is 76.9. The van der Waals surface area contributed by atoms with E-state index in [1.54, 1.807) is 12.1 Å². The van der Waals surface area contributed by atoms with Crippen LogP contribution in [-0.4, -0.2) is 70.7 Å². The smallest absolute Gasteiger partial charge is 0.397 e. The molecule has 0 aliphatic carbocycles. The van der Waals surface area contributed by atoms with E-state index >= 15 is 0 Å². The number of hydrogen-bond donors (Lipinski definition) is 2. The number of alkyl halides is 3. The van der Waals surface area contributed by atoms with Gasteiger partial charge in [-0.2, -0.15) is 21.6 Å². The van der Waals surface area contributed by atoms with Crippen LogP contribution in [0, 0.1) is 10.8 Å². The predicted molar refractivity (Wildman–Crippen MR) is 180 cm³/mol. The minimum Gasteiger partial charge on any atom is -0.476 e. The summed E-state index contributed by atoms with van der Waals surface area (Å²) in [5, 5.41) is 14.1. The van der Waals surface area contributed by atoms with E-state index in [1.165, 1.54) is 29.2 Å². The van der Waals surface area contributed by atoms with Gasteiger partial charge in [0.05, 0.1) is 11.6 Å². The van der Waals surface area contributed by atoms with Gasteiger partial charge in [-0.15, -0.1) is 5.10 Å². The summed E-state index contributed by atoms with van der Waals surface area (Å²) in [4.78, 5) is 15.8. The first-order valence-electron chi connectivity index (χ1n) is 16.2. The van der Waals surface area contributed by atoms with Gasteiger partial charge in [0, 0.05) is 42.9 Å². The number of hydrogen-bond acceptors (Lipinski definition) is 9. The summed E-state index contributed by atoms with van der Waals surface area (Å²) in [7, 11) is -4.22. The van der Waals surface area contributed by atoms with Crippen molar-refractivity contribution >= 4 is 21.7 Å². The molecule has 1 aliphatic heterocycles. The number of sulfonamides is 1. The number of nitrogens with zero attached hydrogens (tertiary/aromatic N) is 6. The summed E-state index contributed by atoms with van der Waals surface area (Å²) in [6.07, 6.45) is 2.62. The first-order valence-corrected chi connectivity index (χ1v) is 17.6. The Morgan fingerprint density at radius 1 is 0.959 bits per heavy atom. The van der Waals surface area contributed by atoms with Crippen molar-refractivity contribution in [3.8, 4) is 23.0 Å². The summed E-state index contributed by atoms with van der Waals surface area (Å²) in [5.74, 6) is 0.633. The number of aromatic nitrogens is 5. The molecule has 1 aliphatic rings. The van der Waals surface area contributed by atoms with Crippen LogP contribution in [-0.2, 0) is 16.4 Å². The lowest BCUT2D eigenvalue weighted by Gasteiger charge is -2.32. The minimum atomic E-state index is -4.47. The molecule has 0 saturated carbocycles. The third kappa shape index (κ3) is 8.68. The quantitative estimate of drug-likeness (QED) is 0.223. The van der Waals surface area contributed by atoms with Crippen LogP contribution in [0.3, 0.4) is 0 Å². The SMILES string of the molecule is CC(C)(CO)CN1CCCCCCc2ccccc2-c2nc(cnc2-n2ccc(OCC(C)(C)C(F)(F)F)n2)NS(=O)(=O)c2cccc1n2. The van der Waals surface area contributed by atoms with Gasteiger partial charge in [0.25, 0.3) is 10.0 Å². The first-order chi connectivity index (χ1) is 23.1. The maximum Gasteiger partial charge on any atom is 0.397 e. The molecule has 4 heterocycles. The molecule has 2 N–H and O–H groups in total. The fourth-order valence-corrected chi connectivity index (χ4v) is 6.27. The second-order valence-electron chi connectivity index (χ2n) is 13.7. The van der Waals surface area contributed by atoms with Crippen LogP contribution in [0.2, 0.25) is 0 Å². The largest absolute Gasteiger partial charge is 0.476 e. The molecule has 0 atom stereocenters. The van der Waals surface area contributed by atoms with Gasteiger partial charge in [0.2, 0.25) is 5.88 Å². The fraction of sp³-hybridized carbons (Fsp3) is 0.471. The molecule has 1 aromatic carbocycles. The topological polar surface area (TPSA) is 135 Å². The van der Waals surface area contributed by atoms with Crippen molar-refractivity contribution in [1.29, 1.82) is 0 Å². The molecule has 0 saturated heterocycles. The predicted octanol–water partition coefficient (Wildman–Crippen LogP) is 6.43. The average molecular weight is 702 g/mol. The highest BCUT2D eigenvalue weighted by Gasteiger charge is 2.48. The molecule has 264 valence electrons. The number of rotatable bonds is 7. The van der Waals surface area contributed by atoms with Gasteiger partial charge in [0.15, 0.2) is 16.7 Å². The third-order valence-electron chi connectivity index (χ3n) is 8.37. The number of nitrogens with one attached hydrogen (secondary N) is 1. The van der Waals surface area contributed by atoms with Crippen LogP contribution < -0.4 is 14.4 Å². The molecule has 0 unspecified atom stereocenters. The standard InChI is InChI=1S/C34H42F3N7O4S/c1-32(2,22-45)21-43-18-10-6-5-7-12-24-13-8-9-14-25(24)30-31(44-19-17-28(41-44)48-23-33(3,4)34(35,36)37)38-20-26(39-30)42-49(46,47)29-16-11-15-27(43)40-29/h8-9,11,13-17,19-20,45H,5-7,10,12,18,21-23H2,1-4H3,(H,39,42). The van der Waals surface area contributed by atoms with E-state index in [0.717, 1.165) is 51.5 Å². The Balaban J connectivity index is 1.54. The summed E-state index contributed by atoms with van der Waals surface area (Å²) >= 11 is 0. The second kappa shape index (κ2) is 14.3. The third-order valence-corrected chi connectivity index (χ3v) is 9.63. The molecule has 11 nitrogen and oxygen atoms in total.